The third-order valence-corrected chi connectivity index (χ3v) is 6.73. The Labute approximate surface area is 125 Å². The number of hydrogen-bond acceptors (Lipinski definition) is 5. The Bertz CT molecular complexity index is 430. The van der Waals surface area contributed by atoms with Crippen LogP contribution in [0.25, 0.3) is 0 Å². The summed E-state index contributed by atoms with van der Waals surface area (Å²) in [6.45, 7) is 8.50. The molecule has 1 fully saturated rings. The highest BCUT2D eigenvalue weighted by atomic mass is 32.2. The van der Waals surface area contributed by atoms with Gasteiger partial charge < -0.3 is 5.73 Å². The van der Waals surface area contributed by atoms with Crippen LogP contribution in [0.3, 0.4) is 0 Å². The van der Waals surface area contributed by atoms with Gasteiger partial charge in [-0.15, -0.1) is 11.3 Å². The molecule has 0 aliphatic carbocycles. The zero-order valence-corrected chi connectivity index (χ0v) is 14.0. The highest BCUT2D eigenvalue weighted by Crippen LogP contribution is 2.42. The van der Waals surface area contributed by atoms with Gasteiger partial charge in [0.25, 0.3) is 0 Å². The van der Waals surface area contributed by atoms with Crippen molar-refractivity contribution in [2.75, 3.05) is 25.1 Å². The molecule has 19 heavy (non-hydrogen) atoms. The second kappa shape index (κ2) is 5.72. The highest BCUT2D eigenvalue weighted by molar-refractivity contribution is 7.99. The van der Waals surface area contributed by atoms with Gasteiger partial charge in [0.05, 0.1) is 11.2 Å². The summed E-state index contributed by atoms with van der Waals surface area (Å²) in [7, 11) is 2.22. The smallest absolute Gasteiger partial charge is 0.0798 e. The summed E-state index contributed by atoms with van der Waals surface area (Å²) in [6, 6.07) is 0. The van der Waals surface area contributed by atoms with E-state index in [9.17, 15) is 0 Å². The van der Waals surface area contributed by atoms with Crippen LogP contribution in [-0.2, 0) is 6.54 Å². The van der Waals surface area contributed by atoms with Crippen LogP contribution in [0.5, 0.6) is 0 Å². The van der Waals surface area contributed by atoms with E-state index in [4.69, 9.17) is 5.73 Å². The van der Waals surface area contributed by atoms with E-state index in [1.165, 1.54) is 17.1 Å². The lowest BCUT2D eigenvalue weighted by Crippen LogP contribution is -2.58. The zero-order valence-electron chi connectivity index (χ0n) is 12.4. The van der Waals surface area contributed by atoms with E-state index in [1.807, 2.05) is 17.3 Å². The number of nitrogens with zero attached hydrogens (tertiary/aromatic N) is 2. The van der Waals surface area contributed by atoms with Crippen LogP contribution >= 0.6 is 23.1 Å². The molecule has 1 atom stereocenters. The number of hydrogen-bond donors (Lipinski definition) is 1. The molecule has 2 heterocycles. The lowest BCUT2D eigenvalue weighted by Gasteiger charge is -2.49. The van der Waals surface area contributed by atoms with Gasteiger partial charge in [0.15, 0.2) is 0 Å². The minimum absolute atomic E-state index is 0.128. The number of nitrogens with two attached hydrogens (primary N) is 1. The van der Waals surface area contributed by atoms with Crippen molar-refractivity contribution < 1.29 is 0 Å². The molecule has 0 radical (unpaired) electrons. The monoisotopic (exact) mass is 299 g/mol. The molecule has 2 N–H and O–H groups in total. The predicted octanol–water partition coefficient (Wildman–Crippen LogP) is 2.74. The van der Waals surface area contributed by atoms with Crippen molar-refractivity contribution in [1.82, 2.24) is 9.88 Å². The Morgan fingerprint density at radius 1 is 1.42 bits per heavy atom. The Kier molecular flexibility index (Phi) is 4.60. The molecule has 0 spiro atoms. The van der Waals surface area contributed by atoms with E-state index < -0.39 is 0 Å². The van der Waals surface area contributed by atoms with E-state index >= 15 is 0 Å². The third kappa shape index (κ3) is 3.32. The molecule has 2 rings (SSSR count). The number of rotatable bonds is 4. The molecule has 0 saturated carbocycles. The number of aryl methyl sites for hydroxylation is 1. The number of aromatic nitrogens is 1. The first-order chi connectivity index (χ1) is 8.88. The van der Waals surface area contributed by atoms with Crippen molar-refractivity contribution in [3.05, 3.63) is 16.1 Å². The van der Waals surface area contributed by atoms with Gasteiger partial charge in [-0.25, -0.2) is 4.98 Å². The molecule has 1 aromatic heterocycles. The number of likely N-dealkylation sites (N-methyl/N-ethyl adjacent to an activating group) is 1. The fraction of sp³-hybridized carbons (Fsp3) is 0.786. The number of thioether (sulfide) groups is 1. The fourth-order valence-electron chi connectivity index (χ4n) is 2.90. The van der Waals surface area contributed by atoms with Gasteiger partial charge >= 0.3 is 0 Å². The predicted molar refractivity (Wildman–Crippen MR) is 85.8 cm³/mol. The second-order valence-electron chi connectivity index (χ2n) is 6.48. The van der Waals surface area contributed by atoms with Gasteiger partial charge in [-0.05, 0) is 31.6 Å². The van der Waals surface area contributed by atoms with E-state index in [1.54, 1.807) is 11.3 Å². The minimum Gasteiger partial charge on any atom is -0.329 e. The Balaban J connectivity index is 2.14. The third-order valence-electron chi connectivity index (χ3n) is 4.09. The minimum atomic E-state index is 0.128. The maximum Gasteiger partial charge on any atom is 0.0798 e. The van der Waals surface area contributed by atoms with E-state index in [-0.39, 0.29) is 5.54 Å². The lowest BCUT2D eigenvalue weighted by atomic mass is 9.79. The molecule has 1 aromatic rings. The van der Waals surface area contributed by atoms with Gasteiger partial charge in [0, 0.05) is 29.3 Å². The molecule has 3 nitrogen and oxygen atoms in total. The average Bonchev–Trinajstić information content (AvgIpc) is 2.73. The van der Waals surface area contributed by atoms with Crippen LogP contribution in [0.1, 0.15) is 30.8 Å². The fourth-order valence-corrected chi connectivity index (χ4v) is 5.31. The summed E-state index contributed by atoms with van der Waals surface area (Å²) in [5, 5.41) is 0. The summed E-state index contributed by atoms with van der Waals surface area (Å²) >= 11 is 3.80. The topological polar surface area (TPSA) is 42.2 Å². The average molecular weight is 300 g/mol. The van der Waals surface area contributed by atoms with Crippen LogP contribution < -0.4 is 5.73 Å². The Morgan fingerprint density at radius 3 is 2.68 bits per heavy atom. The van der Waals surface area contributed by atoms with Gasteiger partial charge in [-0.2, -0.15) is 11.8 Å². The zero-order chi connectivity index (χ0) is 14.1. The van der Waals surface area contributed by atoms with Crippen molar-refractivity contribution in [3.63, 3.8) is 0 Å². The molecule has 0 aromatic carbocycles. The summed E-state index contributed by atoms with van der Waals surface area (Å²) in [4.78, 5) is 8.17. The quantitative estimate of drug-likeness (QED) is 0.928. The van der Waals surface area contributed by atoms with Gasteiger partial charge in [0.1, 0.15) is 0 Å². The van der Waals surface area contributed by atoms with Crippen LogP contribution in [0.4, 0.5) is 0 Å². The highest BCUT2D eigenvalue weighted by Gasteiger charge is 2.42. The van der Waals surface area contributed by atoms with E-state index in [2.05, 4.69) is 37.7 Å². The van der Waals surface area contributed by atoms with Gasteiger partial charge in [-0.1, -0.05) is 13.8 Å². The molecule has 1 unspecified atom stereocenters. The molecule has 0 amide bonds. The van der Waals surface area contributed by atoms with Crippen LogP contribution in [0.2, 0.25) is 0 Å². The number of thiazole rings is 1. The summed E-state index contributed by atoms with van der Waals surface area (Å²) in [5.74, 6) is 2.38. The molecular formula is C14H25N3S2. The first kappa shape index (κ1) is 15.3. The molecule has 1 saturated heterocycles. The molecular weight excluding hydrogens is 274 g/mol. The van der Waals surface area contributed by atoms with Crippen molar-refractivity contribution in [1.29, 1.82) is 0 Å². The summed E-state index contributed by atoms with van der Waals surface area (Å²) < 4.78 is 0. The van der Waals surface area contributed by atoms with Crippen molar-refractivity contribution in [2.45, 2.75) is 39.3 Å². The van der Waals surface area contributed by atoms with Gasteiger partial charge in [-0.3, -0.25) is 4.90 Å². The van der Waals surface area contributed by atoms with E-state index in [0.29, 0.717) is 5.41 Å². The second-order valence-corrected chi connectivity index (χ2v) is 8.40. The van der Waals surface area contributed by atoms with Crippen LogP contribution in [0.15, 0.2) is 5.51 Å². The Hall–Kier alpha value is -0.100. The Morgan fingerprint density at radius 2 is 2.16 bits per heavy atom. The lowest BCUT2D eigenvalue weighted by molar-refractivity contribution is 0.0877. The standard InChI is InChI=1S/C14H25N3S2/c1-11-12(19-10-16-11)5-17(4)14(7-15)6-13(2,3)8-18-9-14/h10H,5-9,15H2,1-4H3. The largest absolute Gasteiger partial charge is 0.329 e. The molecule has 108 valence electrons. The van der Waals surface area contributed by atoms with Crippen molar-refractivity contribution >= 4 is 23.1 Å². The molecule has 1 aliphatic rings. The van der Waals surface area contributed by atoms with Crippen LogP contribution in [-0.4, -0.2) is 40.5 Å². The first-order valence-electron chi connectivity index (χ1n) is 6.77. The summed E-state index contributed by atoms with van der Waals surface area (Å²) in [6.07, 6.45) is 1.18. The molecule has 5 heteroatoms. The van der Waals surface area contributed by atoms with Crippen molar-refractivity contribution in [2.24, 2.45) is 11.1 Å². The summed E-state index contributed by atoms with van der Waals surface area (Å²) in [5.41, 5.74) is 9.76. The maximum atomic E-state index is 6.16. The first-order valence-corrected chi connectivity index (χ1v) is 8.80. The maximum absolute atomic E-state index is 6.16. The normalized spacial score (nSPS) is 26.8. The molecule has 0 bridgehead atoms. The van der Waals surface area contributed by atoms with Crippen LogP contribution in [0, 0.1) is 12.3 Å². The SMILES string of the molecule is Cc1ncsc1CN(C)C1(CN)CSCC(C)(C)C1. The molecule has 1 aliphatic heterocycles. The van der Waals surface area contributed by atoms with E-state index in [0.717, 1.165) is 24.5 Å². The van der Waals surface area contributed by atoms with Crippen molar-refractivity contribution in [3.8, 4) is 0 Å². The van der Waals surface area contributed by atoms with Gasteiger partial charge in [0.2, 0.25) is 0 Å².